The Bertz CT molecular complexity index is 891. The van der Waals surface area contributed by atoms with Gasteiger partial charge in [0.2, 0.25) is 5.95 Å². The van der Waals surface area contributed by atoms with Crippen LogP contribution >= 0.6 is 15.9 Å². The summed E-state index contributed by atoms with van der Waals surface area (Å²) in [4.78, 5) is 9.35. The van der Waals surface area contributed by atoms with Crippen molar-refractivity contribution in [2.45, 2.75) is 25.8 Å². The molecule has 0 aliphatic heterocycles. The highest BCUT2D eigenvalue weighted by atomic mass is 79.9. The van der Waals surface area contributed by atoms with Gasteiger partial charge in [0.1, 0.15) is 5.82 Å². The number of aromatic nitrogens is 2. The summed E-state index contributed by atoms with van der Waals surface area (Å²) in [5.74, 6) is 1.47. The molecule has 1 aliphatic rings. The average Bonchev–Trinajstić information content (AvgIpc) is 3.43. The molecule has 1 fully saturated rings. The molecule has 0 spiro atoms. The summed E-state index contributed by atoms with van der Waals surface area (Å²) in [6.45, 7) is 2.08. The molecular weight excluding hydrogens is 376 g/mol. The lowest BCUT2D eigenvalue weighted by molar-refractivity contribution is 1.06. The number of nitrogens with one attached hydrogen (secondary N) is 2. The van der Waals surface area contributed by atoms with Gasteiger partial charge in [0.25, 0.3) is 0 Å². The van der Waals surface area contributed by atoms with Crippen molar-refractivity contribution in [3.63, 3.8) is 0 Å². The molecule has 1 aromatic heterocycles. The van der Waals surface area contributed by atoms with Crippen LogP contribution in [-0.2, 0) is 0 Å². The van der Waals surface area contributed by atoms with Gasteiger partial charge in [-0.2, -0.15) is 4.98 Å². The average molecular weight is 395 g/mol. The molecule has 1 aliphatic carbocycles. The molecule has 2 aromatic carbocycles. The minimum absolute atomic E-state index is 0.506. The van der Waals surface area contributed by atoms with Crippen molar-refractivity contribution >= 4 is 33.4 Å². The van der Waals surface area contributed by atoms with Crippen LogP contribution in [0.3, 0.4) is 0 Å². The highest BCUT2D eigenvalue weighted by Crippen LogP contribution is 2.29. The summed E-state index contributed by atoms with van der Waals surface area (Å²) in [5, 5.41) is 6.84. The third kappa shape index (κ3) is 3.82. The Hall–Kier alpha value is -2.40. The molecule has 0 bridgehead atoms. The predicted molar refractivity (Wildman–Crippen MR) is 106 cm³/mol. The second-order valence-electron chi connectivity index (χ2n) is 6.28. The molecule has 5 heteroatoms. The Morgan fingerprint density at radius 2 is 1.80 bits per heavy atom. The first kappa shape index (κ1) is 16.1. The van der Waals surface area contributed by atoms with Gasteiger partial charge in [0, 0.05) is 27.8 Å². The molecule has 2 N–H and O–H groups in total. The highest BCUT2D eigenvalue weighted by molar-refractivity contribution is 9.10. The quantitative estimate of drug-likeness (QED) is 0.596. The van der Waals surface area contributed by atoms with E-state index in [9.17, 15) is 0 Å². The summed E-state index contributed by atoms with van der Waals surface area (Å²) in [7, 11) is 0. The maximum absolute atomic E-state index is 4.69. The predicted octanol–water partition coefficient (Wildman–Crippen LogP) is 5.53. The van der Waals surface area contributed by atoms with Gasteiger partial charge >= 0.3 is 0 Å². The van der Waals surface area contributed by atoms with Crippen molar-refractivity contribution in [3.05, 3.63) is 64.6 Å². The van der Waals surface area contributed by atoms with E-state index in [0.717, 1.165) is 32.8 Å². The van der Waals surface area contributed by atoms with E-state index in [2.05, 4.69) is 56.7 Å². The highest BCUT2D eigenvalue weighted by Gasteiger charge is 2.22. The van der Waals surface area contributed by atoms with E-state index in [1.54, 1.807) is 0 Å². The van der Waals surface area contributed by atoms with E-state index in [4.69, 9.17) is 4.98 Å². The number of nitrogens with zero attached hydrogens (tertiary/aromatic N) is 2. The summed E-state index contributed by atoms with van der Waals surface area (Å²) in [6.07, 6.45) is 2.37. The van der Waals surface area contributed by atoms with E-state index in [1.165, 1.54) is 12.8 Å². The molecule has 0 amide bonds. The molecule has 0 saturated heterocycles. The number of anilines is 3. The number of halogens is 1. The molecule has 0 atom stereocenters. The molecule has 4 rings (SSSR count). The fraction of sp³-hybridized carbons (Fsp3) is 0.200. The lowest BCUT2D eigenvalue weighted by Gasteiger charge is -2.13. The van der Waals surface area contributed by atoms with Crippen LogP contribution in [0.2, 0.25) is 0 Å². The number of hydrogen-bond donors (Lipinski definition) is 2. The Labute approximate surface area is 155 Å². The van der Waals surface area contributed by atoms with Gasteiger partial charge in [-0.25, -0.2) is 4.98 Å². The molecule has 126 valence electrons. The largest absolute Gasteiger partial charge is 0.351 e. The van der Waals surface area contributed by atoms with E-state index in [1.807, 2.05) is 36.4 Å². The second kappa shape index (κ2) is 6.84. The summed E-state index contributed by atoms with van der Waals surface area (Å²) in [6, 6.07) is 18.8. The van der Waals surface area contributed by atoms with Gasteiger partial charge in [-0.15, -0.1) is 0 Å². The zero-order valence-electron chi connectivity index (χ0n) is 14.0. The summed E-state index contributed by atoms with van der Waals surface area (Å²) >= 11 is 3.58. The third-order valence-electron chi connectivity index (χ3n) is 4.24. The van der Waals surface area contributed by atoms with E-state index in [-0.39, 0.29) is 0 Å². The van der Waals surface area contributed by atoms with Crippen LogP contribution in [0.4, 0.5) is 17.5 Å². The van der Waals surface area contributed by atoms with Gasteiger partial charge in [-0.3, -0.25) is 0 Å². The zero-order valence-corrected chi connectivity index (χ0v) is 15.5. The summed E-state index contributed by atoms with van der Waals surface area (Å²) < 4.78 is 1.08. The molecule has 0 unspecified atom stereocenters. The van der Waals surface area contributed by atoms with Crippen molar-refractivity contribution in [1.82, 2.24) is 9.97 Å². The second-order valence-corrected chi connectivity index (χ2v) is 7.14. The van der Waals surface area contributed by atoms with Crippen molar-refractivity contribution in [3.8, 4) is 11.3 Å². The normalized spacial score (nSPS) is 13.5. The van der Waals surface area contributed by atoms with Crippen LogP contribution in [0.5, 0.6) is 0 Å². The lowest BCUT2D eigenvalue weighted by Crippen LogP contribution is -2.08. The lowest BCUT2D eigenvalue weighted by atomic mass is 10.1. The molecular formula is C20H19BrN4. The Balaban J connectivity index is 1.71. The van der Waals surface area contributed by atoms with Crippen molar-refractivity contribution in [1.29, 1.82) is 0 Å². The smallest absolute Gasteiger partial charge is 0.225 e. The Morgan fingerprint density at radius 3 is 2.56 bits per heavy atom. The standard InChI is InChI=1S/C20H19BrN4/c1-13-16(21)8-5-9-17(13)23-19-12-18(14-6-3-2-4-7-14)24-20(25-19)22-15-10-11-15/h2-9,12,15H,10-11H2,1H3,(H2,22,23,24,25). The SMILES string of the molecule is Cc1c(Br)cccc1Nc1cc(-c2ccccc2)nc(NC2CC2)n1. The maximum Gasteiger partial charge on any atom is 0.225 e. The Morgan fingerprint density at radius 1 is 1.00 bits per heavy atom. The molecule has 4 nitrogen and oxygen atoms in total. The maximum atomic E-state index is 4.69. The first-order valence-corrected chi connectivity index (χ1v) is 9.21. The number of hydrogen-bond acceptors (Lipinski definition) is 4. The van der Waals surface area contributed by atoms with Crippen molar-refractivity contribution < 1.29 is 0 Å². The minimum Gasteiger partial charge on any atom is -0.351 e. The van der Waals surface area contributed by atoms with Gasteiger partial charge in [-0.05, 0) is 37.5 Å². The molecule has 25 heavy (non-hydrogen) atoms. The zero-order chi connectivity index (χ0) is 17.2. The molecule has 1 heterocycles. The molecule has 3 aromatic rings. The number of rotatable bonds is 5. The van der Waals surface area contributed by atoms with Crippen LogP contribution in [0.25, 0.3) is 11.3 Å². The van der Waals surface area contributed by atoms with Crippen LogP contribution < -0.4 is 10.6 Å². The van der Waals surface area contributed by atoms with E-state index in [0.29, 0.717) is 12.0 Å². The first-order chi connectivity index (χ1) is 12.2. The monoisotopic (exact) mass is 394 g/mol. The first-order valence-electron chi connectivity index (χ1n) is 8.42. The van der Waals surface area contributed by atoms with Gasteiger partial charge in [0.15, 0.2) is 0 Å². The topological polar surface area (TPSA) is 49.8 Å². The van der Waals surface area contributed by atoms with E-state index >= 15 is 0 Å². The van der Waals surface area contributed by atoms with Gasteiger partial charge in [0.05, 0.1) is 5.69 Å². The van der Waals surface area contributed by atoms with Crippen molar-refractivity contribution in [2.24, 2.45) is 0 Å². The molecule has 0 radical (unpaired) electrons. The van der Waals surface area contributed by atoms with Crippen LogP contribution in [-0.4, -0.2) is 16.0 Å². The minimum atomic E-state index is 0.506. The van der Waals surface area contributed by atoms with Gasteiger partial charge in [-0.1, -0.05) is 52.3 Å². The van der Waals surface area contributed by atoms with Crippen LogP contribution in [0, 0.1) is 6.92 Å². The van der Waals surface area contributed by atoms with Crippen LogP contribution in [0.15, 0.2) is 59.1 Å². The fourth-order valence-corrected chi connectivity index (χ4v) is 2.99. The van der Waals surface area contributed by atoms with Gasteiger partial charge < -0.3 is 10.6 Å². The number of benzene rings is 2. The fourth-order valence-electron chi connectivity index (χ4n) is 2.62. The van der Waals surface area contributed by atoms with Crippen molar-refractivity contribution in [2.75, 3.05) is 10.6 Å². The summed E-state index contributed by atoms with van der Waals surface area (Å²) in [5.41, 5.74) is 4.18. The third-order valence-corrected chi connectivity index (χ3v) is 5.10. The molecule has 1 saturated carbocycles. The van der Waals surface area contributed by atoms with E-state index < -0.39 is 0 Å². The van der Waals surface area contributed by atoms with Crippen LogP contribution in [0.1, 0.15) is 18.4 Å². The Kier molecular flexibility index (Phi) is 4.40.